The zero-order valence-electron chi connectivity index (χ0n) is 16.5. The molecule has 1 aliphatic heterocycles. The molecular weight excluding hydrogens is 344 g/mol. The van der Waals surface area contributed by atoms with Crippen molar-refractivity contribution in [3.05, 3.63) is 35.0 Å². The van der Waals surface area contributed by atoms with Gasteiger partial charge in [0.15, 0.2) is 0 Å². The molecule has 1 amide bonds. The smallest absolute Gasteiger partial charge is 0.326 e. The molecule has 1 aromatic carbocycles. The number of methoxy groups -OCH3 is 1. The van der Waals surface area contributed by atoms with Gasteiger partial charge >= 0.3 is 5.97 Å². The third-order valence-electron chi connectivity index (χ3n) is 5.82. The van der Waals surface area contributed by atoms with E-state index in [4.69, 9.17) is 4.74 Å². The van der Waals surface area contributed by atoms with Gasteiger partial charge in [0, 0.05) is 42.4 Å². The van der Waals surface area contributed by atoms with Crippen molar-refractivity contribution < 1.29 is 19.4 Å². The Morgan fingerprint density at radius 1 is 1.30 bits per heavy atom. The third-order valence-corrected chi connectivity index (χ3v) is 5.82. The van der Waals surface area contributed by atoms with Gasteiger partial charge in [0.05, 0.1) is 6.61 Å². The minimum atomic E-state index is -0.922. The van der Waals surface area contributed by atoms with Crippen LogP contribution in [0.4, 0.5) is 0 Å². The van der Waals surface area contributed by atoms with Crippen molar-refractivity contribution in [2.24, 2.45) is 5.92 Å². The van der Waals surface area contributed by atoms with Gasteiger partial charge in [0.25, 0.3) is 5.91 Å². The number of piperidine rings is 1. The monoisotopic (exact) mass is 372 g/mol. The second-order valence-electron chi connectivity index (χ2n) is 7.57. The van der Waals surface area contributed by atoms with Crippen LogP contribution in [0.1, 0.15) is 41.4 Å². The van der Waals surface area contributed by atoms with E-state index < -0.39 is 12.0 Å². The number of nitrogens with zero attached hydrogens (tertiary/aromatic N) is 2. The van der Waals surface area contributed by atoms with E-state index in [0.717, 1.165) is 35.1 Å². The summed E-state index contributed by atoms with van der Waals surface area (Å²) in [5.74, 6) is -0.802. The normalized spacial score (nSPS) is 20.2. The molecule has 3 rings (SSSR count). The van der Waals surface area contributed by atoms with E-state index >= 15 is 0 Å². The highest BCUT2D eigenvalue weighted by molar-refractivity contribution is 6.00. The van der Waals surface area contributed by atoms with Crippen molar-refractivity contribution >= 4 is 22.8 Å². The van der Waals surface area contributed by atoms with Gasteiger partial charge < -0.3 is 19.3 Å². The second-order valence-corrected chi connectivity index (χ2v) is 7.57. The molecule has 6 nitrogen and oxygen atoms in total. The van der Waals surface area contributed by atoms with E-state index in [9.17, 15) is 14.7 Å². The molecule has 0 radical (unpaired) electrons. The summed E-state index contributed by atoms with van der Waals surface area (Å²) in [6.07, 6.45) is 1.35. The van der Waals surface area contributed by atoms with Crippen molar-refractivity contribution in [1.29, 1.82) is 0 Å². The van der Waals surface area contributed by atoms with Crippen molar-refractivity contribution in [2.75, 3.05) is 20.3 Å². The maximum atomic E-state index is 13.1. The predicted octanol–water partition coefficient (Wildman–Crippen LogP) is 3.23. The fraction of sp³-hybridized carbons (Fsp3) is 0.524. The SMILES string of the molecule is COCCn1c(C)c(C)c2cc(C(=O)N3CCC(C)CC3C(=O)O)ccc21. The lowest BCUT2D eigenvalue weighted by Gasteiger charge is -2.36. The number of carbonyl (C=O) groups is 2. The van der Waals surface area contributed by atoms with Crippen LogP contribution in [0.5, 0.6) is 0 Å². The van der Waals surface area contributed by atoms with Crippen LogP contribution in [0.2, 0.25) is 0 Å². The Balaban J connectivity index is 1.96. The Kier molecular flexibility index (Phi) is 5.56. The number of aromatic nitrogens is 1. The molecule has 1 saturated heterocycles. The zero-order chi connectivity index (χ0) is 19.7. The van der Waals surface area contributed by atoms with E-state index in [1.165, 1.54) is 4.90 Å². The fourth-order valence-corrected chi connectivity index (χ4v) is 4.04. The topological polar surface area (TPSA) is 71.8 Å². The van der Waals surface area contributed by atoms with Crippen LogP contribution in [-0.2, 0) is 16.1 Å². The third kappa shape index (κ3) is 3.58. The largest absolute Gasteiger partial charge is 0.480 e. The number of ether oxygens (including phenoxy) is 1. The number of aryl methyl sites for hydroxylation is 1. The number of carboxylic acid groups (broad SMARTS) is 1. The van der Waals surface area contributed by atoms with Crippen LogP contribution in [0.15, 0.2) is 18.2 Å². The van der Waals surface area contributed by atoms with Crippen molar-refractivity contribution in [1.82, 2.24) is 9.47 Å². The van der Waals surface area contributed by atoms with Gasteiger partial charge in [-0.1, -0.05) is 6.92 Å². The quantitative estimate of drug-likeness (QED) is 0.875. The summed E-state index contributed by atoms with van der Waals surface area (Å²) < 4.78 is 7.41. The number of fused-ring (bicyclic) bond motifs is 1. The van der Waals surface area contributed by atoms with Gasteiger partial charge in [-0.25, -0.2) is 4.79 Å². The summed E-state index contributed by atoms with van der Waals surface area (Å²) in [4.78, 5) is 26.2. The highest BCUT2D eigenvalue weighted by atomic mass is 16.5. The predicted molar refractivity (Wildman–Crippen MR) is 104 cm³/mol. The Labute approximate surface area is 159 Å². The molecule has 27 heavy (non-hydrogen) atoms. The molecule has 2 aromatic rings. The van der Waals surface area contributed by atoms with Gasteiger partial charge in [-0.05, 0) is 56.4 Å². The van der Waals surface area contributed by atoms with Crippen LogP contribution in [-0.4, -0.2) is 52.8 Å². The lowest BCUT2D eigenvalue weighted by atomic mass is 9.91. The summed E-state index contributed by atoms with van der Waals surface area (Å²) >= 11 is 0. The highest BCUT2D eigenvalue weighted by Crippen LogP contribution is 2.29. The van der Waals surface area contributed by atoms with E-state index in [1.54, 1.807) is 7.11 Å². The molecule has 6 heteroatoms. The van der Waals surface area contributed by atoms with Crippen LogP contribution in [0, 0.1) is 19.8 Å². The van der Waals surface area contributed by atoms with Gasteiger partial charge in [-0.2, -0.15) is 0 Å². The standard InChI is InChI=1S/C21H28N2O4/c1-13-7-8-23(19(11-13)21(25)26)20(24)16-5-6-18-17(12-16)14(2)15(3)22(18)9-10-27-4/h5-6,12-13,19H,7-11H2,1-4H3,(H,25,26). The number of hydrogen-bond acceptors (Lipinski definition) is 3. The molecule has 0 saturated carbocycles. The Bertz CT molecular complexity index is 871. The summed E-state index contributed by atoms with van der Waals surface area (Å²) in [6.45, 7) is 8.03. The molecule has 146 valence electrons. The minimum Gasteiger partial charge on any atom is -0.480 e. The minimum absolute atomic E-state index is 0.196. The summed E-state index contributed by atoms with van der Waals surface area (Å²) in [5.41, 5.74) is 3.91. The van der Waals surface area contributed by atoms with Crippen LogP contribution < -0.4 is 0 Å². The van der Waals surface area contributed by atoms with Crippen molar-refractivity contribution in [2.45, 2.75) is 46.2 Å². The van der Waals surface area contributed by atoms with Crippen LogP contribution in [0.3, 0.4) is 0 Å². The maximum absolute atomic E-state index is 13.1. The molecule has 2 heterocycles. The first kappa shape index (κ1) is 19.4. The molecule has 1 aromatic heterocycles. The fourth-order valence-electron chi connectivity index (χ4n) is 4.04. The van der Waals surface area contributed by atoms with E-state index in [0.29, 0.717) is 31.1 Å². The average molecular weight is 372 g/mol. The number of hydrogen-bond donors (Lipinski definition) is 1. The number of carbonyl (C=O) groups excluding carboxylic acids is 1. The highest BCUT2D eigenvalue weighted by Gasteiger charge is 2.35. The van der Waals surface area contributed by atoms with Crippen molar-refractivity contribution in [3.63, 3.8) is 0 Å². The molecule has 0 aliphatic carbocycles. The Morgan fingerprint density at radius 2 is 2.04 bits per heavy atom. The summed E-state index contributed by atoms with van der Waals surface area (Å²) in [5, 5.41) is 10.6. The van der Waals surface area contributed by atoms with E-state index in [2.05, 4.69) is 18.4 Å². The number of likely N-dealkylation sites (tertiary alicyclic amines) is 1. The zero-order valence-corrected chi connectivity index (χ0v) is 16.5. The number of benzene rings is 1. The second kappa shape index (κ2) is 7.72. The number of carboxylic acids is 1. The number of aliphatic carboxylic acids is 1. The molecule has 1 aliphatic rings. The molecule has 2 unspecified atom stereocenters. The van der Waals surface area contributed by atoms with Crippen molar-refractivity contribution in [3.8, 4) is 0 Å². The van der Waals surface area contributed by atoms with Gasteiger partial charge in [-0.3, -0.25) is 4.79 Å². The van der Waals surface area contributed by atoms with Crippen LogP contribution in [0.25, 0.3) is 10.9 Å². The summed E-state index contributed by atoms with van der Waals surface area (Å²) in [7, 11) is 1.68. The maximum Gasteiger partial charge on any atom is 0.326 e. The number of amides is 1. The molecule has 1 N–H and O–H groups in total. The first-order chi connectivity index (χ1) is 12.8. The van der Waals surface area contributed by atoms with E-state index in [-0.39, 0.29) is 5.91 Å². The Hall–Kier alpha value is -2.34. The van der Waals surface area contributed by atoms with Gasteiger partial charge in [-0.15, -0.1) is 0 Å². The first-order valence-corrected chi connectivity index (χ1v) is 9.47. The first-order valence-electron chi connectivity index (χ1n) is 9.47. The number of rotatable bonds is 5. The van der Waals surface area contributed by atoms with E-state index in [1.807, 2.05) is 25.1 Å². The molecule has 0 bridgehead atoms. The lowest BCUT2D eigenvalue weighted by molar-refractivity contribution is -0.144. The molecule has 0 spiro atoms. The lowest BCUT2D eigenvalue weighted by Crippen LogP contribution is -2.49. The molecular formula is C21H28N2O4. The van der Waals surface area contributed by atoms with Gasteiger partial charge in [0.1, 0.15) is 6.04 Å². The Morgan fingerprint density at radius 3 is 2.70 bits per heavy atom. The molecule has 2 atom stereocenters. The average Bonchev–Trinajstić information content (AvgIpc) is 2.89. The molecule has 1 fully saturated rings. The van der Waals surface area contributed by atoms with Gasteiger partial charge in [0.2, 0.25) is 0 Å². The summed E-state index contributed by atoms with van der Waals surface area (Å²) in [6, 6.07) is 4.93. The van der Waals surface area contributed by atoms with Crippen LogP contribution >= 0.6 is 0 Å².